The highest BCUT2D eigenvalue weighted by Crippen LogP contribution is 2.49. The van der Waals surface area contributed by atoms with Crippen LogP contribution in [-0.2, 0) is 9.47 Å². The van der Waals surface area contributed by atoms with Crippen LogP contribution >= 0.6 is 0 Å². The normalized spacial score (nSPS) is 21.9. The van der Waals surface area contributed by atoms with Gasteiger partial charge in [0.15, 0.2) is 11.6 Å². The molecule has 0 radical (unpaired) electrons. The Bertz CT molecular complexity index is 2630. The molecule has 4 atom stereocenters. The van der Waals surface area contributed by atoms with Crippen molar-refractivity contribution in [1.82, 2.24) is 29.7 Å². The molecule has 2 aromatic heterocycles. The van der Waals surface area contributed by atoms with E-state index in [1.54, 1.807) is 9.80 Å². The van der Waals surface area contributed by atoms with Crippen molar-refractivity contribution in [3.05, 3.63) is 119 Å². The number of carbonyl (C=O) groups is 2. The lowest BCUT2D eigenvalue weighted by molar-refractivity contribution is 0.0208. The number of carbonyl (C=O) groups excluding carboxylic acids is 2. The van der Waals surface area contributed by atoms with E-state index in [0.29, 0.717) is 49.4 Å². The summed E-state index contributed by atoms with van der Waals surface area (Å²) in [5.41, 5.74) is 5.73. The summed E-state index contributed by atoms with van der Waals surface area (Å²) in [4.78, 5) is 51.0. The molecule has 2 N–H and O–H groups in total. The standard InChI is InChI=1S/C53H62F2N8O4/c1-52(2,3)66-50(64)61-24-10-14-45(61)48-56-39-18-16-34(28-41(39)58-48)43-20-21-44(35-17-19-40-42(29-35)59-49(57-40)46-15-11-25-62(46)51(65)67-53(4,5)6)63(43)36-30-37(54)47(38(55)31-36)60-26-22-33(23-27-60)32-12-8-7-9-13-32/h7-9,12-13,16-19,28-31,33,43-46H,10-11,14-15,20-27H2,1-6H3,(H,56,58)(H,57,59)/t43?,44?,45-,46-/m0/s1. The van der Waals surface area contributed by atoms with Crippen LogP contribution in [-0.4, -0.2) is 79.3 Å². The Morgan fingerprint density at radius 2 is 1.06 bits per heavy atom. The second kappa shape index (κ2) is 17.5. The van der Waals surface area contributed by atoms with Gasteiger partial charge in [0.2, 0.25) is 0 Å². The van der Waals surface area contributed by atoms with Gasteiger partial charge in [-0.25, -0.2) is 28.3 Å². The van der Waals surface area contributed by atoms with E-state index in [1.807, 2.05) is 76.8 Å². The number of likely N-dealkylation sites (tertiary alicyclic amines) is 2. The Hall–Kier alpha value is -6.18. The van der Waals surface area contributed by atoms with Crippen LogP contribution in [0.3, 0.4) is 0 Å². The van der Waals surface area contributed by atoms with Crippen molar-refractivity contribution in [3.8, 4) is 0 Å². The largest absolute Gasteiger partial charge is 0.444 e. The topological polar surface area (TPSA) is 123 Å². The molecule has 10 rings (SSSR count). The molecule has 4 saturated heterocycles. The molecule has 4 aromatic carbocycles. The molecule has 4 aliphatic rings. The number of anilines is 2. The number of hydrogen-bond donors (Lipinski definition) is 2. The summed E-state index contributed by atoms with van der Waals surface area (Å²) in [6.07, 6.45) is 5.62. The number of fused-ring (bicyclic) bond motifs is 2. The maximum atomic E-state index is 16.7. The van der Waals surface area contributed by atoms with E-state index >= 15 is 8.78 Å². The van der Waals surface area contributed by atoms with Gasteiger partial charge in [0, 0.05) is 31.9 Å². The second-order valence-corrected chi connectivity index (χ2v) is 20.9. The summed E-state index contributed by atoms with van der Waals surface area (Å²) >= 11 is 0. The van der Waals surface area contributed by atoms with E-state index < -0.39 is 22.8 Å². The first-order chi connectivity index (χ1) is 32.1. The fraction of sp³-hybridized carbons (Fsp3) is 0.472. The Labute approximate surface area is 391 Å². The molecular formula is C53H62F2N8O4. The molecule has 2 unspecified atom stereocenters. The van der Waals surface area contributed by atoms with Crippen molar-refractivity contribution in [1.29, 1.82) is 0 Å². The Morgan fingerprint density at radius 3 is 1.52 bits per heavy atom. The quantitative estimate of drug-likeness (QED) is 0.162. The van der Waals surface area contributed by atoms with Crippen LogP contribution in [0.1, 0.15) is 151 Å². The minimum absolute atomic E-state index is 0.0278. The van der Waals surface area contributed by atoms with Gasteiger partial charge in [-0.3, -0.25) is 9.80 Å². The molecule has 12 nitrogen and oxygen atoms in total. The minimum atomic E-state index is -0.614. The molecule has 4 fully saturated rings. The van der Waals surface area contributed by atoms with Crippen molar-refractivity contribution >= 4 is 45.6 Å². The van der Waals surface area contributed by atoms with Crippen LogP contribution in [0.2, 0.25) is 0 Å². The number of benzene rings is 4. The molecule has 352 valence electrons. The summed E-state index contributed by atoms with van der Waals surface area (Å²) in [6.45, 7) is 13.5. The van der Waals surface area contributed by atoms with Crippen LogP contribution in [0.4, 0.5) is 29.7 Å². The lowest BCUT2D eigenvalue weighted by Crippen LogP contribution is -2.36. The van der Waals surface area contributed by atoms with Gasteiger partial charge in [-0.05, 0) is 152 Å². The SMILES string of the molecule is CC(C)(C)OC(=O)N1CCC[C@H]1c1nc2ccc(C3CCC(c4ccc5nc([C@@H]6CCCN6C(=O)OC(C)(C)C)[nH]c5c4)N3c3cc(F)c(N4CCC(c5ccccc5)CC4)c(F)c3)cc2[nH]1. The van der Waals surface area contributed by atoms with Crippen molar-refractivity contribution < 1.29 is 27.8 Å². The first kappa shape index (κ1) is 44.6. The molecule has 0 spiro atoms. The lowest BCUT2D eigenvalue weighted by Gasteiger charge is -2.36. The van der Waals surface area contributed by atoms with Gasteiger partial charge in [-0.15, -0.1) is 0 Å². The average Bonchev–Trinajstić information content (AvgIpc) is 4.14. The summed E-state index contributed by atoms with van der Waals surface area (Å²) in [5, 5.41) is 0. The number of aromatic nitrogens is 4. The van der Waals surface area contributed by atoms with Crippen LogP contribution in [0.5, 0.6) is 0 Å². The van der Waals surface area contributed by atoms with E-state index in [1.165, 1.54) is 17.7 Å². The predicted molar refractivity (Wildman–Crippen MR) is 256 cm³/mol. The van der Waals surface area contributed by atoms with Gasteiger partial charge < -0.3 is 29.2 Å². The molecule has 2 amide bonds. The Kier molecular flexibility index (Phi) is 11.6. The van der Waals surface area contributed by atoms with E-state index in [0.717, 1.165) is 84.6 Å². The zero-order valence-corrected chi connectivity index (χ0v) is 39.4. The van der Waals surface area contributed by atoms with Crippen molar-refractivity contribution in [3.63, 3.8) is 0 Å². The van der Waals surface area contributed by atoms with Gasteiger partial charge in [-0.1, -0.05) is 42.5 Å². The second-order valence-electron chi connectivity index (χ2n) is 20.9. The highest BCUT2D eigenvalue weighted by Gasteiger charge is 2.40. The highest BCUT2D eigenvalue weighted by molar-refractivity contribution is 5.79. The van der Waals surface area contributed by atoms with Gasteiger partial charge in [0.1, 0.15) is 28.5 Å². The lowest BCUT2D eigenvalue weighted by atomic mass is 9.89. The first-order valence-electron chi connectivity index (χ1n) is 24.1. The molecule has 14 heteroatoms. The monoisotopic (exact) mass is 912 g/mol. The number of nitrogens with zero attached hydrogens (tertiary/aromatic N) is 6. The predicted octanol–water partition coefficient (Wildman–Crippen LogP) is 12.3. The molecule has 0 bridgehead atoms. The van der Waals surface area contributed by atoms with Crippen LogP contribution in [0, 0.1) is 11.6 Å². The smallest absolute Gasteiger partial charge is 0.410 e. The van der Waals surface area contributed by atoms with E-state index in [-0.39, 0.29) is 42.0 Å². The zero-order chi connectivity index (χ0) is 46.8. The van der Waals surface area contributed by atoms with Crippen molar-refractivity contribution in [2.75, 3.05) is 36.0 Å². The van der Waals surface area contributed by atoms with Crippen LogP contribution in [0.15, 0.2) is 78.9 Å². The number of rotatable bonds is 7. The summed E-state index contributed by atoms with van der Waals surface area (Å²) in [7, 11) is 0. The fourth-order valence-corrected chi connectivity index (χ4v) is 11.0. The van der Waals surface area contributed by atoms with Crippen LogP contribution in [0.25, 0.3) is 22.1 Å². The van der Waals surface area contributed by atoms with Gasteiger partial charge >= 0.3 is 12.2 Å². The third-order valence-electron chi connectivity index (χ3n) is 14.0. The number of aromatic amines is 2. The molecule has 4 aliphatic heterocycles. The molecule has 67 heavy (non-hydrogen) atoms. The number of imidazole rings is 2. The maximum absolute atomic E-state index is 16.7. The number of amides is 2. The molecular weight excluding hydrogens is 851 g/mol. The van der Waals surface area contributed by atoms with Crippen molar-refractivity contribution in [2.24, 2.45) is 0 Å². The van der Waals surface area contributed by atoms with Gasteiger partial charge in [-0.2, -0.15) is 0 Å². The Morgan fingerprint density at radius 1 is 0.582 bits per heavy atom. The first-order valence-corrected chi connectivity index (χ1v) is 24.1. The molecule has 6 heterocycles. The van der Waals surface area contributed by atoms with Crippen molar-refractivity contribution in [2.45, 2.75) is 134 Å². The third-order valence-corrected chi connectivity index (χ3v) is 14.0. The van der Waals surface area contributed by atoms with Crippen LogP contribution < -0.4 is 9.80 Å². The van der Waals surface area contributed by atoms with E-state index in [9.17, 15) is 9.59 Å². The number of piperidine rings is 1. The zero-order valence-electron chi connectivity index (χ0n) is 39.4. The maximum Gasteiger partial charge on any atom is 0.410 e. The third kappa shape index (κ3) is 9.03. The summed E-state index contributed by atoms with van der Waals surface area (Å²) in [6, 6.07) is 24.8. The average molecular weight is 913 g/mol. The van der Waals surface area contributed by atoms with E-state index in [4.69, 9.17) is 19.4 Å². The van der Waals surface area contributed by atoms with Gasteiger partial charge in [0.25, 0.3) is 0 Å². The summed E-state index contributed by atoms with van der Waals surface area (Å²) < 4.78 is 44.9. The van der Waals surface area contributed by atoms with E-state index in [2.05, 4.69) is 51.3 Å². The number of nitrogens with one attached hydrogen (secondary N) is 2. The summed E-state index contributed by atoms with van der Waals surface area (Å²) in [5.74, 6) is 0.630. The number of hydrogen-bond acceptors (Lipinski definition) is 8. The number of halogens is 2. The molecule has 6 aromatic rings. The van der Waals surface area contributed by atoms with Gasteiger partial charge in [0.05, 0.1) is 46.2 Å². The highest BCUT2D eigenvalue weighted by atomic mass is 19.1. The molecule has 0 aliphatic carbocycles. The Balaban J connectivity index is 0.973. The number of H-pyrrole nitrogens is 2. The minimum Gasteiger partial charge on any atom is -0.444 e. The fourth-order valence-electron chi connectivity index (χ4n) is 11.0. The number of ether oxygens (including phenoxy) is 2. The molecule has 0 saturated carbocycles.